The molecule has 0 heterocycles. The molecule has 4 nitrogen and oxygen atoms in total. The summed E-state index contributed by atoms with van der Waals surface area (Å²) >= 11 is 0. The molecule has 0 N–H and O–H groups in total. The Balaban J connectivity index is 1.10. The Bertz CT molecular complexity index is 7120. The van der Waals surface area contributed by atoms with Crippen molar-refractivity contribution in [2.24, 2.45) is 5.41 Å². The molecule has 326 valence electrons. The van der Waals surface area contributed by atoms with Crippen LogP contribution in [0.2, 0.25) is 0 Å². The fourth-order valence-electron chi connectivity index (χ4n) is 26.1. The van der Waals surface area contributed by atoms with Crippen LogP contribution >= 0.6 is 0 Å². The average molecular weight is 935 g/mol. The summed E-state index contributed by atoms with van der Waals surface area (Å²) in [7, 11) is 0. The standard InChI is InChI=1S/C71H18O4/c1-3-5-7-74-67(72)71(68(73)75-8-6-4-2)69-63-56-49-37-29-20-11-9-10-12-15(11)24-31(29)39-40-32(24)30-21(12)23-19-14(10)17-16-13(9)18-22(20)35(37)43-41-27(18)25(16)33-34-26(17)28(19)42-44-36(23)38(30)50-52(40)61(60(63)51(39)49)64-57(50)55(44)59-48(42)46(34)53-45(33)47(41)58(54(43)56)65(69)62(53)66(59)70(64,69)71/h3-8H2,1-2H3. The van der Waals surface area contributed by atoms with E-state index in [0.29, 0.717) is 13.2 Å². The number of hydrogen-bond acceptors (Lipinski definition) is 4. The lowest BCUT2D eigenvalue weighted by molar-refractivity contribution is -0.166. The van der Waals surface area contributed by atoms with Crippen LogP contribution in [0.25, 0.3) is 291 Å². The highest BCUT2D eigenvalue weighted by molar-refractivity contribution is 6.82. The van der Waals surface area contributed by atoms with E-state index in [1.165, 1.54) is 216 Å². The highest BCUT2D eigenvalue weighted by atomic mass is 16.6. The molecule has 1 saturated carbocycles. The first-order chi connectivity index (χ1) is 37.2. The largest absolute Gasteiger partial charge is 0.465 e. The SMILES string of the molecule is CCCCOC(=O)C1(C(=O)OCCCC)C23c4c5c6c7c8c9c(c%10c%11c2c2c%12c4c4c%13c5c5c7c7c8c8c%14c9c%10c9c%10c%11c2c2c%11c%12c4c4c%12c%13c5c5c7c7c8c8c%14c9c9c%10c2c2c%11c4c4c%12c5c7c5c8c9c2c45)C613. The number of benzene rings is 17. The summed E-state index contributed by atoms with van der Waals surface area (Å²) in [5.41, 5.74) is 1.47. The van der Waals surface area contributed by atoms with E-state index < -0.39 is 16.2 Å². The molecule has 33 rings (SSSR count). The number of esters is 2. The van der Waals surface area contributed by atoms with Crippen LogP contribution in [0.4, 0.5) is 0 Å². The van der Waals surface area contributed by atoms with Gasteiger partial charge in [-0.05, 0) is 326 Å². The zero-order valence-corrected chi connectivity index (χ0v) is 39.4. The number of ether oxygens (including phenoxy) is 2. The van der Waals surface area contributed by atoms with Crippen LogP contribution in [0.15, 0.2) is 0 Å². The van der Waals surface area contributed by atoms with Crippen LogP contribution < -0.4 is 0 Å². The van der Waals surface area contributed by atoms with Gasteiger partial charge in [0.1, 0.15) is 0 Å². The molecule has 0 aromatic heterocycles. The van der Waals surface area contributed by atoms with E-state index in [2.05, 4.69) is 13.8 Å². The zero-order valence-electron chi connectivity index (χ0n) is 39.4. The lowest BCUT2D eigenvalue weighted by atomic mass is 9.69. The second-order valence-electron chi connectivity index (χ2n) is 27.0. The van der Waals surface area contributed by atoms with E-state index in [9.17, 15) is 0 Å². The maximum Gasteiger partial charge on any atom is 0.326 e. The molecule has 0 amide bonds. The topological polar surface area (TPSA) is 52.6 Å². The Morgan fingerprint density at radius 3 is 0.587 bits per heavy atom. The molecule has 0 radical (unpaired) electrons. The molecule has 2 atom stereocenters. The van der Waals surface area contributed by atoms with Crippen LogP contribution in [0.5, 0.6) is 0 Å². The summed E-state index contributed by atoms with van der Waals surface area (Å²) in [6.07, 6.45) is 3.31. The van der Waals surface area contributed by atoms with Gasteiger partial charge in [-0.2, -0.15) is 0 Å². The van der Waals surface area contributed by atoms with Gasteiger partial charge in [0.25, 0.3) is 0 Å². The van der Waals surface area contributed by atoms with Gasteiger partial charge < -0.3 is 9.47 Å². The van der Waals surface area contributed by atoms with Gasteiger partial charge in [0, 0.05) is 0 Å². The van der Waals surface area contributed by atoms with Gasteiger partial charge in [-0.15, -0.1) is 0 Å². The van der Waals surface area contributed by atoms with Crippen molar-refractivity contribution >= 4 is 303 Å². The van der Waals surface area contributed by atoms with Crippen molar-refractivity contribution in [3.63, 3.8) is 0 Å². The predicted molar refractivity (Wildman–Crippen MR) is 308 cm³/mol. The number of rotatable bonds is 8. The lowest BCUT2D eigenvalue weighted by Crippen LogP contribution is -2.41. The van der Waals surface area contributed by atoms with Crippen LogP contribution in [0.3, 0.4) is 0 Å². The highest BCUT2D eigenvalue weighted by Crippen LogP contribution is 2.97. The summed E-state index contributed by atoms with van der Waals surface area (Å²) in [5.74, 6) is -0.681. The van der Waals surface area contributed by atoms with Crippen molar-refractivity contribution in [3.05, 3.63) is 22.3 Å². The minimum Gasteiger partial charge on any atom is -0.465 e. The average Bonchev–Trinajstić information content (AvgIpc) is 2.04. The van der Waals surface area contributed by atoms with Gasteiger partial charge in [-0.3, -0.25) is 9.59 Å². The summed E-state index contributed by atoms with van der Waals surface area (Å²) in [5, 5.41) is 80.8. The third kappa shape index (κ3) is 1.62. The lowest BCUT2D eigenvalue weighted by Gasteiger charge is -2.30. The molecule has 0 bridgehead atoms. The van der Waals surface area contributed by atoms with Gasteiger partial charge in [0.2, 0.25) is 0 Å². The molecular weight excluding hydrogens is 917 g/mol. The minimum atomic E-state index is -1.65. The predicted octanol–water partition coefficient (Wildman–Crippen LogP) is 18.0. The maximum absolute atomic E-state index is 17.0. The van der Waals surface area contributed by atoms with Crippen molar-refractivity contribution in [2.75, 3.05) is 13.2 Å². The molecule has 4 heteroatoms. The van der Waals surface area contributed by atoms with E-state index >= 15 is 9.59 Å². The number of hydrogen-bond donors (Lipinski definition) is 0. The van der Waals surface area contributed by atoms with Gasteiger partial charge in [-0.25, -0.2) is 0 Å². The third-order valence-corrected chi connectivity index (χ3v) is 26.4. The molecule has 2 spiro atoms. The number of unbranched alkanes of at least 4 members (excludes halogenated alkanes) is 2. The monoisotopic (exact) mass is 934 g/mol. The fourth-order valence-corrected chi connectivity index (χ4v) is 26.1. The van der Waals surface area contributed by atoms with Gasteiger partial charge in [-0.1, -0.05) is 26.7 Å². The number of carbonyl (C=O) groups is 2. The second kappa shape index (κ2) is 6.96. The van der Waals surface area contributed by atoms with Crippen LogP contribution in [-0.4, -0.2) is 25.2 Å². The quantitative estimate of drug-likeness (QED) is 0.0659. The van der Waals surface area contributed by atoms with Crippen molar-refractivity contribution < 1.29 is 19.1 Å². The Morgan fingerprint density at radius 1 is 0.240 bits per heavy atom. The Kier molecular flexibility index (Phi) is 2.78. The van der Waals surface area contributed by atoms with E-state index in [0.717, 1.165) is 25.7 Å². The Morgan fingerprint density at radius 2 is 0.387 bits per heavy atom. The van der Waals surface area contributed by atoms with Crippen LogP contribution in [0, 0.1) is 5.41 Å². The molecule has 1 fully saturated rings. The van der Waals surface area contributed by atoms with E-state index in [1.54, 1.807) is 97.0 Å². The van der Waals surface area contributed by atoms with E-state index in [1.807, 2.05) is 0 Å². The summed E-state index contributed by atoms with van der Waals surface area (Å²) in [6.45, 7) is 4.94. The highest BCUT2D eigenvalue weighted by Gasteiger charge is 3.02. The summed E-state index contributed by atoms with van der Waals surface area (Å²) < 4.78 is 13.8. The second-order valence-corrected chi connectivity index (χ2v) is 27.0. The molecule has 2 unspecified atom stereocenters. The van der Waals surface area contributed by atoms with Crippen molar-refractivity contribution in [1.29, 1.82) is 0 Å². The Labute approximate surface area is 411 Å². The van der Waals surface area contributed by atoms with Crippen LogP contribution in [0.1, 0.15) is 61.8 Å². The number of carbonyl (C=O) groups excluding carboxylic acids is 2. The third-order valence-electron chi connectivity index (χ3n) is 26.4. The molecule has 5 aliphatic carbocycles. The van der Waals surface area contributed by atoms with Gasteiger partial charge in [0.05, 0.1) is 24.0 Å². The molecule has 0 saturated heterocycles. The Hall–Kier alpha value is -8.60. The first-order valence-corrected chi connectivity index (χ1v) is 28.3. The van der Waals surface area contributed by atoms with Crippen molar-refractivity contribution in [1.82, 2.24) is 0 Å². The smallest absolute Gasteiger partial charge is 0.326 e. The van der Waals surface area contributed by atoms with Gasteiger partial charge in [0.15, 0.2) is 5.41 Å². The van der Waals surface area contributed by atoms with E-state index in [-0.39, 0.29) is 11.9 Å². The first kappa shape index (κ1) is 29.9. The normalized spacial score (nSPS) is 22.1. The maximum atomic E-state index is 17.0. The molecular formula is C71H18O4. The zero-order chi connectivity index (χ0) is 45.8. The van der Waals surface area contributed by atoms with Crippen molar-refractivity contribution in [2.45, 2.75) is 50.4 Å². The first-order valence-electron chi connectivity index (χ1n) is 28.3. The molecule has 0 aliphatic heterocycles. The van der Waals surface area contributed by atoms with E-state index in [4.69, 9.17) is 9.47 Å². The molecule has 75 heavy (non-hydrogen) atoms. The molecule has 28 aromatic carbocycles. The van der Waals surface area contributed by atoms with Crippen LogP contribution in [-0.2, 0) is 29.9 Å². The molecule has 28 aromatic rings. The summed E-state index contributed by atoms with van der Waals surface area (Å²) in [4.78, 5) is 34.0. The van der Waals surface area contributed by atoms with Gasteiger partial charge >= 0.3 is 11.9 Å². The fraction of sp³-hybridized carbons (Fsp3) is 0.155. The van der Waals surface area contributed by atoms with Crippen molar-refractivity contribution in [3.8, 4) is 0 Å². The summed E-state index contributed by atoms with van der Waals surface area (Å²) in [6, 6.07) is 0. The molecule has 5 aliphatic rings. The minimum absolute atomic E-state index is 0.297.